The van der Waals surface area contributed by atoms with E-state index >= 15 is 0 Å². The van der Waals surface area contributed by atoms with Crippen LogP contribution in [0.5, 0.6) is 11.5 Å². The zero-order chi connectivity index (χ0) is 23.8. The summed E-state index contributed by atoms with van der Waals surface area (Å²) in [5.41, 5.74) is 4.48. The first-order valence-corrected chi connectivity index (χ1v) is 11.8. The van der Waals surface area contributed by atoms with Gasteiger partial charge in [-0.05, 0) is 61.9 Å². The monoisotopic (exact) mass is 478 g/mol. The Labute approximate surface area is 200 Å². The van der Waals surface area contributed by atoms with Crippen LogP contribution < -0.4 is 9.47 Å². The van der Waals surface area contributed by atoms with Gasteiger partial charge in [-0.3, -0.25) is 4.79 Å². The molecule has 4 aromatic rings. The highest BCUT2D eigenvalue weighted by atomic mass is 32.2. The number of nitrogens with zero attached hydrogens (tertiary/aromatic N) is 4. The Morgan fingerprint density at radius 3 is 2.62 bits per heavy atom. The van der Waals surface area contributed by atoms with Gasteiger partial charge in [0, 0.05) is 36.1 Å². The fourth-order valence-corrected chi connectivity index (χ4v) is 4.84. The number of aryl methyl sites for hydroxylation is 1. The number of ether oxygens (including phenoxy) is 2. The lowest BCUT2D eigenvalue weighted by molar-refractivity contribution is 0.102. The summed E-state index contributed by atoms with van der Waals surface area (Å²) < 4.78 is 28.0. The number of carbonyl (C=O) groups excluding carboxylic acids is 1. The molecular formula is C25H23FN4O3S. The van der Waals surface area contributed by atoms with Gasteiger partial charge in [-0.2, -0.15) is 0 Å². The molecule has 0 bridgehead atoms. The number of aromatic nitrogens is 4. The lowest BCUT2D eigenvalue weighted by Crippen LogP contribution is -2.08. The van der Waals surface area contributed by atoms with Gasteiger partial charge in [0.2, 0.25) is 6.79 Å². The molecule has 0 radical (unpaired) electrons. The highest BCUT2D eigenvalue weighted by Crippen LogP contribution is 2.33. The number of hydrogen-bond acceptors (Lipinski definition) is 6. The van der Waals surface area contributed by atoms with Crippen LogP contribution in [0, 0.1) is 19.7 Å². The van der Waals surface area contributed by atoms with E-state index in [-0.39, 0.29) is 24.1 Å². The predicted octanol–water partition coefficient (Wildman–Crippen LogP) is 4.79. The van der Waals surface area contributed by atoms with Crippen molar-refractivity contribution in [3.05, 3.63) is 76.9 Å². The molecule has 0 saturated carbocycles. The number of thioether (sulfide) groups is 1. The number of rotatable bonds is 7. The summed E-state index contributed by atoms with van der Waals surface area (Å²) in [5.74, 6) is 2.09. The van der Waals surface area contributed by atoms with Gasteiger partial charge in [0.1, 0.15) is 5.82 Å². The van der Waals surface area contributed by atoms with E-state index in [1.54, 1.807) is 12.1 Å². The predicted molar refractivity (Wildman–Crippen MR) is 127 cm³/mol. The fourth-order valence-electron chi connectivity index (χ4n) is 4.05. The molecule has 0 unspecified atom stereocenters. The van der Waals surface area contributed by atoms with Gasteiger partial charge >= 0.3 is 0 Å². The van der Waals surface area contributed by atoms with Crippen molar-refractivity contribution < 1.29 is 18.7 Å². The number of halogens is 1. The quantitative estimate of drug-likeness (QED) is 0.281. The Hall–Kier alpha value is -3.59. The fraction of sp³-hybridized carbons (Fsp3) is 0.240. The highest BCUT2D eigenvalue weighted by Gasteiger charge is 2.19. The summed E-state index contributed by atoms with van der Waals surface area (Å²) >= 11 is 1.34. The number of benzene rings is 2. The van der Waals surface area contributed by atoms with Crippen LogP contribution in [0.25, 0.3) is 11.4 Å². The van der Waals surface area contributed by atoms with E-state index in [0.29, 0.717) is 23.1 Å². The molecule has 5 rings (SSSR count). The van der Waals surface area contributed by atoms with Crippen molar-refractivity contribution >= 4 is 17.5 Å². The molecule has 0 saturated heterocycles. The van der Waals surface area contributed by atoms with E-state index in [1.165, 1.54) is 23.9 Å². The second-order valence-corrected chi connectivity index (χ2v) is 9.09. The van der Waals surface area contributed by atoms with E-state index in [2.05, 4.69) is 14.8 Å². The molecule has 0 aliphatic carbocycles. The number of hydrogen-bond donors (Lipinski definition) is 0. The third-order valence-corrected chi connectivity index (χ3v) is 6.94. The maximum Gasteiger partial charge on any atom is 0.231 e. The molecule has 9 heteroatoms. The largest absolute Gasteiger partial charge is 0.454 e. The lowest BCUT2D eigenvalue weighted by atomic mass is 10.1. The smallest absolute Gasteiger partial charge is 0.231 e. The van der Waals surface area contributed by atoms with Gasteiger partial charge in [0.25, 0.3) is 0 Å². The number of ketones is 1. The van der Waals surface area contributed by atoms with Gasteiger partial charge < -0.3 is 18.6 Å². The van der Waals surface area contributed by atoms with Crippen LogP contribution in [0.2, 0.25) is 0 Å². The van der Waals surface area contributed by atoms with Crippen molar-refractivity contribution in [3.63, 3.8) is 0 Å². The van der Waals surface area contributed by atoms with Gasteiger partial charge in [0.15, 0.2) is 28.3 Å². The molecular weight excluding hydrogens is 455 g/mol. The van der Waals surface area contributed by atoms with E-state index in [4.69, 9.17) is 9.47 Å². The first kappa shape index (κ1) is 22.2. The summed E-state index contributed by atoms with van der Waals surface area (Å²) in [6, 6.07) is 13.9. The first-order valence-electron chi connectivity index (χ1n) is 10.8. The first-order chi connectivity index (χ1) is 16.4. The minimum Gasteiger partial charge on any atom is -0.454 e. The lowest BCUT2D eigenvalue weighted by Gasteiger charge is -2.10. The molecule has 0 fully saturated rings. The number of fused-ring (bicyclic) bond motifs is 1. The van der Waals surface area contributed by atoms with Crippen LogP contribution in [0.3, 0.4) is 0 Å². The van der Waals surface area contributed by atoms with Crippen molar-refractivity contribution in [3.8, 4) is 22.9 Å². The molecule has 174 valence electrons. The van der Waals surface area contributed by atoms with Crippen molar-refractivity contribution in [1.82, 2.24) is 19.3 Å². The molecule has 0 amide bonds. The number of Topliss-reactive ketones (excluding diaryl/α,β-unsaturated/α-hetero) is 1. The van der Waals surface area contributed by atoms with E-state index in [0.717, 1.165) is 34.0 Å². The standard InChI is InChI=1S/C25H23FN4O3S/c1-15-10-20(16(2)30(15)12-17-4-9-22-23(11-17)33-14-32-22)21(31)13-34-25-28-27-24(29(25)3)18-5-7-19(26)8-6-18/h4-11H,12-14H2,1-3H3. The molecule has 0 atom stereocenters. The van der Waals surface area contributed by atoms with Crippen molar-refractivity contribution in [2.24, 2.45) is 7.05 Å². The van der Waals surface area contributed by atoms with Crippen LogP contribution in [0.1, 0.15) is 27.3 Å². The topological polar surface area (TPSA) is 71.2 Å². The average molecular weight is 479 g/mol. The Balaban J connectivity index is 1.29. The van der Waals surface area contributed by atoms with Gasteiger partial charge in [-0.15, -0.1) is 10.2 Å². The zero-order valence-corrected chi connectivity index (χ0v) is 19.9. The summed E-state index contributed by atoms with van der Waals surface area (Å²) in [6.07, 6.45) is 0. The zero-order valence-electron chi connectivity index (χ0n) is 19.0. The van der Waals surface area contributed by atoms with Crippen LogP contribution >= 0.6 is 11.8 Å². The Morgan fingerprint density at radius 2 is 1.82 bits per heavy atom. The molecule has 0 spiro atoms. The third-order valence-electron chi connectivity index (χ3n) is 5.92. The Kier molecular flexibility index (Phi) is 5.87. The van der Waals surface area contributed by atoms with Crippen LogP contribution in [-0.2, 0) is 13.6 Å². The van der Waals surface area contributed by atoms with Crippen LogP contribution in [0.15, 0.2) is 53.7 Å². The molecule has 7 nitrogen and oxygen atoms in total. The van der Waals surface area contributed by atoms with Gasteiger partial charge in [-0.25, -0.2) is 4.39 Å². The van der Waals surface area contributed by atoms with Crippen LogP contribution in [-0.4, -0.2) is 37.7 Å². The number of carbonyl (C=O) groups is 1. The molecule has 34 heavy (non-hydrogen) atoms. The Bertz CT molecular complexity index is 1380. The van der Waals surface area contributed by atoms with Gasteiger partial charge in [-0.1, -0.05) is 17.8 Å². The van der Waals surface area contributed by atoms with E-state index in [9.17, 15) is 9.18 Å². The van der Waals surface area contributed by atoms with Crippen molar-refractivity contribution in [1.29, 1.82) is 0 Å². The minimum atomic E-state index is -0.303. The van der Waals surface area contributed by atoms with Gasteiger partial charge in [0.05, 0.1) is 5.75 Å². The maximum absolute atomic E-state index is 13.2. The Morgan fingerprint density at radius 1 is 1.06 bits per heavy atom. The third kappa shape index (κ3) is 4.19. The minimum absolute atomic E-state index is 0.0290. The van der Waals surface area contributed by atoms with E-state index in [1.807, 2.05) is 49.7 Å². The summed E-state index contributed by atoms with van der Waals surface area (Å²) in [5, 5.41) is 9.05. The maximum atomic E-state index is 13.2. The average Bonchev–Trinajstić information content (AvgIpc) is 3.52. The normalized spacial score (nSPS) is 12.4. The molecule has 2 aromatic heterocycles. The molecule has 0 N–H and O–H groups in total. The summed E-state index contributed by atoms with van der Waals surface area (Å²) in [6.45, 7) is 4.85. The molecule has 2 aromatic carbocycles. The van der Waals surface area contributed by atoms with E-state index < -0.39 is 0 Å². The second kappa shape index (κ2) is 8.98. The SMILES string of the molecule is Cc1cc(C(=O)CSc2nnc(-c3ccc(F)cc3)n2C)c(C)n1Cc1ccc2c(c1)OCO2. The molecule has 1 aliphatic heterocycles. The van der Waals surface area contributed by atoms with Crippen LogP contribution in [0.4, 0.5) is 4.39 Å². The molecule has 3 heterocycles. The van der Waals surface area contributed by atoms with Crippen molar-refractivity contribution in [2.45, 2.75) is 25.5 Å². The molecule has 1 aliphatic rings. The highest BCUT2D eigenvalue weighted by molar-refractivity contribution is 7.99. The summed E-state index contributed by atoms with van der Waals surface area (Å²) in [7, 11) is 1.84. The van der Waals surface area contributed by atoms with Crippen molar-refractivity contribution in [2.75, 3.05) is 12.5 Å². The summed E-state index contributed by atoms with van der Waals surface area (Å²) in [4.78, 5) is 13.1. The second-order valence-electron chi connectivity index (χ2n) is 8.14.